The van der Waals surface area contributed by atoms with Crippen molar-refractivity contribution in [1.29, 1.82) is 0 Å². The molecule has 1 rings (SSSR count). The van der Waals surface area contributed by atoms with Gasteiger partial charge in [0.15, 0.2) is 5.75 Å². The van der Waals surface area contributed by atoms with Crippen LogP contribution < -0.4 is 4.74 Å². The number of ether oxygens (including phenoxy) is 1. The molecule has 0 aliphatic heterocycles. The Balaban J connectivity index is 2.97. The number of nitrogens with zero attached hydrogens (tertiary/aromatic N) is 1. The molecular formula is C8H7BrFNO3. The lowest BCUT2D eigenvalue weighted by Gasteiger charge is -2.04. The summed E-state index contributed by atoms with van der Waals surface area (Å²) in [4.78, 5) is 9.88. The van der Waals surface area contributed by atoms with E-state index < -0.39 is 10.7 Å². The molecule has 0 unspecified atom stereocenters. The molecule has 4 nitrogen and oxygen atoms in total. The topological polar surface area (TPSA) is 52.4 Å². The Morgan fingerprint density at radius 1 is 1.57 bits per heavy atom. The van der Waals surface area contributed by atoms with Crippen molar-refractivity contribution in [3.8, 4) is 5.75 Å². The highest BCUT2D eigenvalue weighted by Gasteiger charge is 2.15. The van der Waals surface area contributed by atoms with Gasteiger partial charge < -0.3 is 4.74 Å². The first kappa shape index (κ1) is 10.9. The summed E-state index contributed by atoms with van der Waals surface area (Å²) in [5.41, 5.74) is -0.229. The minimum Gasteiger partial charge on any atom is -0.486 e. The van der Waals surface area contributed by atoms with Crippen molar-refractivity contribution in [2.75, 3.05) is 11.9 Å². The van der Waals surface area contributed by atoms with E-state index in [0.717, 1.165) is 18.2 Å². The van der Waals surface area contributed by atoms with Crippen LogP contribution in [0.4, 0.5) is 10.1 Å². The molecule has 0 N–H and O–H groups in total. The van der Waals surface area contributed by atoms with Crippen LogP contribution in [0, 0.1) is 15.9 Å². The number of alkyl halides is 1. The largest absolute Gasteiger partial charge is 0.486 e. The second-order valence-corrected chi connectivity index (χ2v) is 3.20. The average molecular weight is 264 g/mol. The van der Waals surface area contributed by atoms with E-state index in [9.17, 15) is 14.5 Å². The van der Waals surface area contributed by atoms with Gasteiger partial charge in [-0.15, -0.1) is 0 Å². The first-order chi connectivity index (χ1) is 6.65. The zero-order valence-corrected chi connectivity index (χ0v) is 8.66. The van der Waals surface area contributed by atoms with Crippen molar-refractivity contribution in [3.05, 3.63) is 34.1 Å². The highest BCUT2D eigenvalue weighted by Crippen LogP contribution is 2.27. The fourth-order valence-electron chi connectivity index (χ4n) is 0.903. The molecule has 0 aliphatic rings. The second kappa shape index (κ2) is 4.90. The van der Waals surface area contributed by atoms with Gasteiger partial charge in [-0.3, -0.25) is 10.1 Å². The lowest BCUT2D eigenvalue weighted by molar-refractivity contribution is -0.385. The molecule has 1 aromatic carbocycles. The van der Waals surface area contributed by atoms with Crippen molar-refractivity contribution in [2.45, 2.75) is 0 Å². The van der Waals surface area contributed by atoms with Gasteiger partial charge >= 0.3 is 5.69 Å². The highest BCUT2D eigenvalue weighted by molar-refractivity contribution is 9.09. The number of halogens is 2. The van der Waals surface area contributed by atoms with Gasteiger partial charge in [0.05, 0.1) is 11.5 Å². The fourth-order valence-corrected chi connectivity index (χ4v) is 1.06. The maximum absolute atomic E-state index is 12.7. The third-order valence-corrected chi connectivity index (χ3v) is 1.78. The second-order valence-electron chi connectivity index (χ2n) is 2.41. The summed E-state index contributed by atoms with van der Waals surface area (Å²) in [6, 6.07) is 3.11. The first-order valence-corrected chi connectivity index (χ1v) is 4.90. The molecule has 0 saturated carbocycles. The van der Waals surface area contributed by atoms with E-state index in [2.05, 4.69) is 15.9 Å². The number of nitro benzene ring substituents is 1. The van der Waals surface area contributed by atoms with Gasteiger partial charge in [-0.2, -0.15) is 0 Å². The summed E-state index contributed by atoms with van der Waals surface area (Å²) in [5, 5.41) is 11.0. The minimum atomic E-state index is -0.608. The molecule has 0 aliphatic carbocycles. The average Bonchev–Trinajstić information content (AvgIpc) is 2.14. The van der Waals surface area contributed by atoms with E-state index in [-0.39, 0.29) is 18.0 Å². The van der Waals surface area contributed by atoms with Gasteiger partial charge in [-0.05, 0) is 6.07 Å². The fraction of sp³-hybridized carbons (Fsp3) is 0.250. The molecule has 0 fully saturated rings. The van der Waals surface area contributed by atoms with Crippen LogP contribution in [-0.4, -0.2) is 16.9 Å². The lowest BCUT2D eigenvalue weighted by atomic mass is 10.3. The zero-order valence-electron chi connectivity index (χ0n) is 7.07. The smallest absolute Gasteiger partial charge is 0.311 e. The van der Waals surface area contributed by atoms with Crippen molar-refractivity contribution >= 4 is 21.6 Å². The molecule has 0 saturated heterocycles. The van der Waals surface area contributed by atoms with E-state index in [0.29, 0.717) is 5.33 Å². The van der Waals surface area contributed by atoms with Gasteiger partial charge in [0.25, 0.3) is 0 Å². The number of benzene rings is 1. The van der Waals surface area contributed by atoms with Crippen molar-refractivity contribution in [2.24, 2.45) is 0 Å². The highest BCUT2D eigenvalue weighted by atomic mass is 79.9. The van der Waals surface area contributed by atoms with Gasteiger partial charge in [0, 0.05) is 17.5 Å². The normalized spacial score (nSPS) is 9.86. The van der Waals surface area contributed by atoms with Gasteiger partial charge in [-0.25, -0.2) is 4.39 Å². The molecule has 0 atom stereocenters. The molecule has 1 aromatic rings. The quantitative estimate of drug-likeness (QED) is 0.477. The Morgan fingerprint density at radius 3 is 2.86 bits per heavy atom. The Morgan fingerprint density at radius 2 is 2.29 bits per heavy atom. The summed E-state index contributed by atoms with van der Waals surface area (Å²) in [6.07, 6.45) is 0. The Kier molecular flexibility index (Phi) is 3.82. The molecule has 0 bridgehead atoms. The SMILES string of the molecule is O=[N+]([O-])c1ccc(F)cc1OCCBr. The third kappa shape index (κ3) is 2.66. The molecule has 0 amide bonds. The molecule has 0 aromatic heterocycles. The van der Waals surface area contributed by atoms with E-state index >= 15 is 0 Å². The van der Waals surface area contributed by atoms with Crippen LogP contribution >= 0.6 is 15.9 Å². The molecule has 76 valence electrons. The van der Waals surface area contributed by atoms with Gasteiger partial charge in [0.2, 0.25) is 0 Å². The summed E-state index contributed by atoms with van der Waals surface area (Å²) in [5.74, 6) is -0.602. The van der Waals surface area contributed by atoms with Gasteiger partial charge in [-0.1, -0.05) is 15.9 Å². The molecule has 14 heavy (non-hydrogen) atoms. The van der Waals surface area contributed by atoms with Crippen molar-refractivity contribution in [1.82, 2.24) is 0 Å². The predicted molar refractivity (Wildman–Crippen MR) is 52.3 cm³/mol. The van der Waals surface area contributed by atoms with Crippen LogP contribution in [0.25, 0.3) is 0 Å². The first-order valence-electron chi connectivity index (χ1n) is 3.78. The van der Waals surface area contributed by atoms with Crippen LogP contribution in [0.5, 0.6) is 5.75 Å². The van der Waals surface area contributed by atoms with Crippen LogP contribution in [0.1, 0.15) is 0 Å². The molecule has 0 radical (unpaired) electrons. The summed E-state index contributed by atoms with van der Waals surface area (Å²) in [7, 11) is 0. The lowest BCUT2D eigenvalue weighted by Crippen LogP contribution is -2.01. The van der Waals surface area contributed by atoms with E-state index in [1.54, 1.807) is 0 Å². The van der Waals surface area contributed by atoms with Crippen LogP contribution in [-0.2, 0) is 0 Å². The summed E-state index contributed by atoms with van der Waals surface area (Å²) >= 11 is 3.10. The van der Waals surface area contributed by atoms with Crippen LogP contribution in [0.3, 0.4) is 0 Å². The number of nitro groups is 1. The van der Waals surface area contributed by atoms with E-state index in [1.165, 1.54) is 0 Å². The van der Waals surface area contributed by atoms with Gasteiger partial charge in [0.1, 0.15) is 5.82 Å². The predicted octanol–water partition coefficient (Wildman–Crippen LogP) is 2.51. The molecule has 0 heterocycles. The molecule has 6 heteroatoms. The van der Waals surface area contributed by atoms with Crippen LogP contribution in [0.2, 0.25) is 0 Å². The number of rotatable bonds is 4. The maximum Gasteiger partial charge on any atom is 0.311 e. The zero-order chi connectivity index (χ0) is 10.6. The Labute approximate surface area is 88.0 Å². The Hall–Kier alpha value is -1.17. The maximum atomic E-state index is 12.7. The van der Waals surface area contributed by atoms with E-state index in [4.69, 9.17) is 4.74 Å². The number of hydrogen-bond donors (Lipinski definition) is 0. The standard InChI is InChI=1S/C8H7BrFNO3/c9-3-4-14-8-5-6(10)1-2-7(8)11(12)13/h1-2,5H,3-4H2. The minimum absolute atomic E-state index is 0.0468. The molecular weight excluding hydrogens is 257 g/mol. The third-order valence-electron chi connectivity index (χ3n) is 1.45. The van der Waals surface area contributed by atoms with Crippen LogP contribution in [0.15, 0.2) is 18.2 Å². The van der Waals surface area contributed by atoms with E-state index in [1.807, 2.05) is 0 Å². The Bertz CT molecular complexity index is 345. The molecule has 0 spiro atoms. The summed E-state index contributed by atoms with van der Waals surface area (Å²) in [6.45, 7) is 0.254. The summed E-state index contributed by atoms with van der Waals surface area (Å²) < 4.78 is 17.7. The monoisotopic (exact) mass is 263 g/mol. The number of hydrogen-bond acceptors (Lipinski definition) is 3. The van der Waals surface area contributed by atoms with Crippen molar-refractivity contribution < 1.29 is 14.1 Å². The van der Waals surface area contributed by atoms with Crippen molar-refractivity contribution in [3.63, 3.8) is 0 Å².